The van der Waals surface area contributed by atoms with Crippen LogP contribution in [-0.4, -0.2) is 63.7 Å². The van der Waals surface area contributed by atoms with E-state index in [9.17, 15) is 18.0 Å². The molecule has 1 atom stereocenters. The number of likely N-dealkylation sites (tertiary alicyclic amines) is 1. The highest BCUT2D eigenvalue weighted by molar-refractivity contribution is 8.13. The smallest absolute Gasteiger partial charge is 0.410 e. The van der Waals surface area contributed by atoms with Gasteiger partial charge in [-0.3, -0.25) is 4.79 Å². The molecule has 8 nitrogen and oxygen atoms in total. The minimum absolute atomic E-state index is 0.213. The zero-order chi connectivity index (χ0) is 17.1. The SMILES string of the molecule is CC1(C(=O)OCS(=O)(=O)Cl)CCN(C(=O)O[C@H]2CCOC2)CC1. The first-order chi connectivity index (χ1) is 10.7. The van der Waals surface area contributed by atoms with Gasteiger partial charge in [0.25, 0.3) is 9.05 Å². The van der Waals surface area contributed by atoms with Gasteiger partial charge in [0.05, 0.1) is 18.6 Å². The first-order valence-corrected chi connectivity index (χ1v) is 9.80. The Balaban J connectivity index is 1.81. The van der Waals surface area contributed by atoms with Crippen molar-refractivity contribution in [2.24, 2.45) is 5.41 Å². The summed E-state index contributed by atoms with van der Waals surface area (Å²) in [6, 6.07) is 0. The standard InChI is InChI=1S/C13H20ClNO7S/c1-13(11(16)21-9-23(14,18)19)3-5-15(6-4-13)12(17)22-10-2-7-20-8-10/h10H,2-9H2,1H3/t10-/m0/s1. The molecule has 2 aliphatic rings. The molecule has 2 heterocycles. The van der Waals surface area contributed by atoms with Gasteiger partial charge in [-0.05, 0) is 19.8 Å². The number of nitrogens with zero attached hydrogens (tertiary/aromatic N) is 1. The molecule has 132 valence electrons. The number of rotatable bonds is 4. The quantitative estimate of drug-likeness (QED) is 0.540. The minimum Gasteiger partial charge on any atom is -0.447 e. The fourth-order valence-corrected chi connectivity index (χ4v) is 2.89. The first kappa shape index (κ1) is 18.3. The maximum absolute atomic E-state index is 12.0. The summed E-state index contributed by atoms with van der Waals surface area (Å²) >= 11 is 0. The Morgan fingerprint density at radius 3 is 2.52 bits per heavy atom. The van der Waals surface area contributed by atoms with Crippen molar-refractivity contribution in [1.82, 2.24) is 4.90 Å². The van der Waals surface area contributed by atoms with Crippen LogP contribution in [0.4, 0.5) is 4.79 Å². The summed E-state index contributed by atoms with van der Waals surface area (Å²) in [5.74, 6) is -1.48. The molecule has 0 aromatic rings. The van der Waals surface area contributed by atoms with Gasteiger partial charge in [-0.15, -0.1) is 0 Å². The average molecular weight is 370 g/mol. The van der Waals surface area contributed by atoms with Crippen LogP contribution in [0.3, 0.4) is 0 Å². The fraction of sp³-hybridized carbons (Fsp3) is 0.846. The molecule has 0 aliphatic carbocycles. The molecule has 0 spiro atoms. The van der Waals surface area contributed by atoms with E-state index in [-0.39, 0.29) is 6.10 Å². The van der Waals surface area contributed by atoms with Crippen molar-refractivity contribution in [1.29, 1.82) is 0 Å². The number of ether oxygens (including phenoxy) is 3. The Kier molecular flexibility index (Phi) is 5.74. The summed E-state index contributed by atoms with van der Waals surface area (Å²) < 4.78 is 36.9. The van der Waals surface area contributed by atoms with Crippen LogP contribution >= 0.6 is 10.7 Å². The average Bonchev–Trinajstić information content (AvgIpc) is 2.97. The zero-order valence-electron chi connectivity index (χ0n) is 12.8. The number of esters is 1. The number of carbonyl (C=O) groups is 2. The van der Waals surface area contributed by atoms with E-state index in [2.05, 4.69) is 0 Å². The Bertz CT molecular complexity index is 551. The molecule has 0 bridgehead atoms. The summed E-state index contributed by atoms with van der Waals surface area (Å²) in [6.07, 6.45) is 0.791. The monoisotopic (exact) mass is 369 g/mol. The first-order valence-electron chi connectivity index (χ1n) is 7.32. The molecule has 2 saturated heterocycles. The molecule has 0 radical (unpaired) electrons. The Morgan fingerprint density at radius 1 is 1.35 bits per heavy atom. The molecular weight excluding hydrogens is 350 g/mol. The summed E-state index contributed by atoms with van der Waals surface area (Å²) in [4.78, 5) is 25.6. The van der Waals surface area contributed by atoms with Gasteiger partial charge in [0.15, 0.2) is 0 Å². The highest BCUT2D eigenvalue weighted by Crippen LogP contribution is 2.33. The lowest BCUT2D eigenvalue weighted by Gasteiger charge is -2.37. The third-order valence-corrected chi connectivity index (χ3v) is 4.77. The Morgan fingerprint density at radius 2 is 2.00 bits per heavy atom. The van der Waals surface area contributed by atoms with Crippen molar-refractivity contribution in [3.05, 3.63) is 0 Å². The predicted molar refractivity (Wildman–Crippen MR) is 80.4 cm³/mol. The summed E-state index contributed by atoms with van der Waals surface area (Å²) in [5.41, 5.74) is -0.838. The Hall–Kier alpha value is -1.06. The normalized spacial score (nSPS) is 24.3. The topological polar surface area (TPSA) is 99.2 Å². The van der Waals surface area contributed by atoms with E-state index in [0.29, 0.717) is 45.6 Å². The summed E-state index contributed by atoms with van der Waals surface area (Å²) in [5, 5.41) is 0. The van der Waals surface area contributed by atoms with Gasteiger partial charge in [-0.25, -0.2) is 13.2 Å². The van der Waals surface area contributed by atoms with E-state index in [1.807, 2.05) is 0 Å². The van der Waals surface area contributed by atoms with Gasteiger partial charge in [0.1, 0.15) is 6.10 Å². The minimum atomic E-state index is -3.89. The van der Waals surface area contributed by atoms with Gasteiger partial charge in [0.2, 0.25) is 5.94 Å². The number of halogens is 1. The van der Waals surface area contributed by atoms with Gasteiger partial charge >= 0.3 is 12.1 Å². The summed E-state index contributed by atoms with van der Waals surface area (Å²) in [6.45, 7) is 3.36. The molecular formula is C13H20ClNO7S. The van der Waals surface area contributed by atoms with Crippen LogP contribution < -0.4 is 0 Å². The second kappa shape index (κ2) is 7.23. The van der Waals surface area contributed by atoms with Gasteiger partial charge in [-0.1, -0.05) is 0 Å². The van der Waals surface area contributed by atoms with Crippen LogP contribution in [0.5, 0.6) is 0 Å². The van der Waals surface area contributed by atoms with Crippen molar-refractivity contribution >= 4 is 31.8 Å². The second-order valence-electron chi connectivity index (χ2n) is 6.01. The van der Waals surface area contributed by atoms with Crippen molar-refractivity contribution in [2.75, 3.05) is 32.2 Å². The van der Waals surface area contributed by atoms with Crippen LogP contribution in [0.2, 0.25) is 0 Å². The lowest BCUT2D eigenvalue weighted by Crippen LogP contribution is -2.46. The molecule has 0 N–H and O–H groups in total. The van der Waals surface area contributed by atoms with E-state index in [1.165, 1.54) is 4.90 Å². The van der Waals surface area contributed by atoms with E-state index >= 15 is 0 Å². The number of hydrogen-bond donors (Lipinski definition) is 0. The van der Waals surface area contributed by atoms with E-state index in [1.54, 1.807) is 6.92 Å². The van der Waals surface area contributed by atoms with Crippen molar-refractivity contribution < 1.29 is 32.2 Å². The summed E-state index contributed by atoms with van der Waals surface area (Å²) in [7, 11) is 1.13. The van der Waals surface area contributed by atoms with Gasteiger partial charge in [-0.2, -0.15) is 0 Å². The van der Waals surface area contributed by atoms with E-state index < -0.39 is 32.5 Å². The van der Waals surface area contributed by atoms with Crippen molar-refractivity contribution in [3.8, 4) is 0 Å². The maximum Gasteiger partial charge on any atom is 0.410 e. The molecule has 0 saturated carbocycles. The lowest BCUT2D eigenvalue weighted by molar-refractivity contribution is -0.155. The van der Waals surface area contributed by atoms with Crippen LogP contribution in [-0.2, 0) is 28.1 Å². The van der Waals surface area contributed by atoms with Crippen LogP contribution in [0, 0.1) is 5.41 Å². The van der Waals surface area contributed by atoms with Gasteiger partial charge < -0.3 is 19.1 Å². The molecule has 2 rings (SSSR count). The highest BCUT2D eigenvalue weighted by atomic mass is 35.7. The zero-order valence-corrected chi connectivity index (χ0v) is 14.4. The number of carbonyl (C=O) groups excluding carboxylic acids is 2. The maximum atomic E-state index is 12.0. The molecule has 2 aliphatic heterocycles. The lowest BCUT2D eigenvalue weighted by atomic mass is 9.80. The van der Waals surface area contributed by atoms with E-state index in [4.69, 9.17) is 24.9 Å². The van der Waals surface area contributed by atoms with Crippen molar-refractivity contribution in [3.63, 3.8) is 0 Å². The predicted octanol–water partition coefficient (Wildman–Crippen LogP) is 1.08. The number of hydrogen-bond acceptors (Lipinski definition) is 7. The molecule has 0 aromatic heterocycles. The van der Waals surface area contributed by atoms with Crippen molar-refractivity contribution in [2.45, 2.75) is 32.3 Å². The number of amides is 1. The second-order valence-corrected chi connectivity index (χ2v) is 8.73. The van der Waals surface area contributed by atoms with Gasteiger partial charge in [0, 0.05) is 30.2 Å². The van der Waals surface area contributed by atoms with Crippen LogP contribution in [0.1, 0.15) is 26.2 Å². The molecule has 2 fully saturated rings. The largest absolute Gasteiger partial charge is 0.447 e. The third kappa shape index (κ3) is 5.22. The Labute approximate surface area is 139 Å². The highest BCUT2D eigenvalue weighted by Gasteiger charge is 2.40. The molecule has 10 heteroatoms. The number of piperidine rings is 1. The van der Waals surface area contributed by atoms with E-state index in [0.717, 1.165) is 0 Å². The molecule has 1 amide bonds. The fourth-order valence-electron chi connectivity index (χ4n) is 2.51. The van der Waals surface area contributed by atoms with Crippen LogP contribution in [0.25, 0.3) is 0 Å². The molecule has 0 aromatic carbocycles. The molecule has 23 heavy (non-hydrogen) atoms. The van der Waals surface area contributed by atoms with Crippen LogP contribution in [0.15, 0.2) is 0 Å². The molecule has 0 unspecified atom stereocenters. The third-order valence-electron chi connectivity index (χ3n) is 4.10.